The van der Waals surface area contributed by atoms with Gasteiger partial charge >= 0.3 is 0 Å². The summed E-state index contributed by atoms with van der Waals surface area (Å²) in [6.07, 6.45) is 5.08. The predicted octanol–water partition coefficient (Wildman–Crippen LogP) is 1.76. The molecule has 0 heterocycles. The Morgan fingerprint density at radius 3 is 2.50 bits per heavy atom. The van der Waals surface area contributed by atoms with E-state index < -0.39 is 10.0 Å². The molecule has 0 aliphatic rings. The molecular weight excluding hydrogens is 380 g/mol. The van der Waals surface area contributed by atoms with Crippen molar-refractivity contribution < 1.29 is 22.7 Å². The number of benzene rings is 2. The Morgan fingerprint density at radius 2 is 1.86 bits per heavy atom. The van der Waals surface area contributed by atoms with Crippen molar-refractivity contribution in [2.75, 3.05) is 33.9 Å². The van der Waals surface area contributed by atoms with E-state index >= 15 is 0 Å². The van der Waals surface area contributed by atoms with Gasteiger partial charge in [-0.05, 0) is 42.5 Å². The van der Waals surface area contributed by atoms with Gasteiger partial charge in [0.25, 0.3) is 5.91 Å². The van der Waals surface area contributed by atoms with Crippen LogP contribution >= 0.6 is 0 Å². The zero-order chi connectivity index (χ0) is 20.6. The van der Waals surface area contributed by atoms with E-state index in [1.807, 2.05) is 0 Å². The molecule has 0 saturated carbocycles. The maximum absolute atomic E-state index is 12.6. The Bertz CT molecular complexity index is 949. The first-order valence-corrected chi connectivity index (χ1v) is 9.91. The molecule has 0 unspecified atom stereocenters. The summed E-state index contributed by atoms with van der Waals surface area (Å²) in [5.74, 6) is 3.28. The summed E-state index contributed by atoms with van der Waals surface area (Å²) in [5, 5.41) is 0. The molecule has 1 N–H and O–H groups in total. The number of terminal acetylenes is 1. The Labute approximate surface area is 165 Å². The largest absolute Gasteiger partial charge is 0.497 e. The van der Waals surface area contributed by atoms with E-state index in [0.29, 0.717) is 12.3 Å². The number of hydrogen-bond donors (Lipinski definition) is 1. The highest BCUT2D eigenvalue weighted by molar-refractivity contribution is 7.89. The third-order valence-corrected chi connectivity index (χ3v) is 5.26. The molecule has 2 aromatic rings. The van der Waals surface area contributed by atoms with Crippen molar-refractivity contribution in [1.29, 1.82) is 0 Å². The van der Waals surface area contributed by atoms with Crippen molar-refractivity contribution >= 4 is 15.9 Å². The number of methoxy groups -OCH3 is 1. The van der Waals surface area contributed by atoms with Crippen molar-refractivity contribution in [3.05, 3.63) is 54.1 Å². The quantitative estimate of drug-likeness (QED) is 0.646. The Balaban J connectivity index is 1.97. The first-order valence-electron chi connectivity index (χ1n) is 8.43. The van der Waals surface area contributed by atoms with Gasteiger partial charge in [0.15, 0.2) is 0 Å². The Kier molecular flexibility index (Phi) is 7.44. The molecule has 0 fully saturated rings. The third-order valence-electron chi connectivity index (χ3n) is 3.86. The van der Waals surface area contributed by atoms with Crippen molar-refractivity contribution in [2.24, 2.45) is 0 Å². The van der Waals surface area contributed by atoms with Gasteiger partial charge in [-0.25, -0.2) is 8.42 Å². The smallest absolute Gasteiger partial charge is 0.253 e. The van der Waals surface area contributed by atoms with Gasteiger partial charge < -0.3 is 14.4 Å². The highest BCUT2D eigenvalue weighted by Crippen LogP contribution is 2.17. The molecule has 0 aliphatic carbocycles. The second-order valence-corrected chi connectivity index (χ2v) is 7.57. The summed E-state index contributed by atoms with van der Waals surface area (Å²) < 4.78 is 37.3. The van der Waals surface area contributed by atoms with Crippen LogP contribution in [0, 0.1) is 12.3 Å². The van der Waals surface area contributed by atoms with Crippen molar-refractivity contribution in [1.82, 2.24) is 9.62 Å². The van der Waals surface area contributed by atoms with E-state index in [-0.39, 0.29) is 29.5 Å². The number of rotatable bonds is 9. The number of sulfonamides is 1. The van der Waals surface area contributed by atoms with Gasteiger partial charge in [-0.3, -0.25) is 4.79 Å². The number of ether oxygens (including phenoxy) is 2. The molecule has 7 nitrogen and oxygen atoms in total. The summed E-state index contributed by atoms with van der Waals surface area (Å²) in [6, 6.07) is 12.9. The van der Waals surface area contributed by atoms with Crippen molar-refractivity contribution in [3.8, 4) is 23.8 Å². The third kappa shape index (κ3) is 5.74. The lowest BCUT2D eigenvalue weighted by Gasteiger charge is -2.18. The lowest BCUT2D eigenvalue weighted by atomic mass is 10.2. The van der Waals surface area contributed by atoms with Gasteiger partial charge in [-0.2, -0.15) is 4.72 Å². The van der Waals surface area contributed by atoms with Crippen molar-refractivity contribution in [2.45, 2.75) is 4.90 Å². The summed E-state index contributed by atoms with van der Waals surface area (Å²) in [5.41, 5.74) is 0.260. The summed E-state index contributed by atoms with van der Waals surface area (Å²) in [7, 11) is -0.553. The number of nitrogens with one attached hydrogen (secondary N) is 1. The molecule has 8 heteroatoms. The lowest BCUT2D eigenvalue weighted by molar-refractivity contribution is 0.0773. The van der Waals surface area contributed by atoms with E-state index in [1.54, 1.807) is 44.5 Å². The van der Waals surface area contributed by atoms with E-state index in [2.05, 4.69) is 10.6 Å². The van der Waals surface area contributed by atoms with Gasteiger partial charge in [0, 0.05) is 12.6 Å². The van der Waals surface area contributed by atoms with E-state index in [0.717, 1.165) is 5.75 Å². The number of nitrogens with zero attached hydrogens (tertiary/aromatic N) is 1. The SMILES string of the molecule is C#CCNS(=O)(=O)c1cccc(C(=O)N(C)CCOc2ccc(OC)cc2)c1. The molecule has 148 valence electrons. The van der Waals surface area contributed by atoms with Gasteiger partial charge in [-0.15, -0.1) is 6.42 Å². The van der Waals surface area contributed by atoms with Crippen LogP contribution in [-0.2, 0) is 10.0 Å². The molecule has 0 aliphatic heterocycles. The number of carbonyl (C=O) groups excluding carboxylic acids is 1. The molecule has 0 atom stereocenters. The Morgan fingerprint density at radius 1 is 1.18 bits per heavy atom. The molecule has 2 aromatic carbocycles. The second-order valence-electron chi connectivity index (χ2n) is 5.81. The minimum Gasteiger partial charge on any atom is -0.497 e. The number of amides is 1. The molecule has 0 radical (unpaired) electrons. The first-order chi connectivity index (χ1) is 13.4. The zero-order valence-corrected chi connectivity index (χ0v) is 16.5. The molecular formula is C20H22N2O5S. The topological polar surface area (TPSA) is 84.9 Å². The standard InChI is InChI=1S/C20H22N2O5S/c1-4-12-21-28(24,25)19-7-5-6-16(15-19)20(23)22(2)13-14-27-18-10-8-17(26-3)9-11-18/h1,5-11,15,21H,12-14H2,2-3H3. The maximum Gasteiger partial charge on any atom is 0.253 e. The van der Waals surface area contributed by atoms with Crippen LogP contribution in [-0.4, -0.2) is 53.1 Å². The summed E-state index contributed by atoms with van der Waals surface area (Å²) >= 11 is 0. The van der Waals surface area contributed by atoms with Crippen LogP contribution < -0.4 is 14.2 Å². The average Bonchev–Trinajstić information content (AvgIpc) is 2.72. The van der Waals surface area contributed by atoms with Crippen molar-refractivity contribution in [3.63, 3.8) is 0 Å². The molecule has 0 bridgehead atoms. The number of likely N-dealkylation sites (N-methyl/N-ethyl adjacent to an activating group) is 1. The number of hydrogen-bond acceptors (Lipinski definition) is 5. The van der Waals surface area contributed by atoms with E-state index in [1.165, 1.54) is 23.1 Å². The van der Waals surface area contributed by atoms with Gasteiger partial charge in [0.2, 0.25) is 10.0 Å². The molecule has 28 heavy (non-hydrogen) atoms. The van der Waals surface area contributed by atoms with Gasteiger partial charge in [-0.1, -0.05) is 12.0 Å². The maximum atomic E-state index is 12.6. The van der Waals surface area contributed by atoms with E-state index in [9.17, 15) is 13.2 Å². The first kappa shape index (κ1) is 21.3. The van der Waals surface area contributed by atoms with Crippen LogP contribution in [0.2, 0.25) is 0 Å². The molecule has 0 saturated heterocycles. The number of carbonyl (C=O) groups is 1. The zero-order valence-electron chi connectivity index (χ0n) is 15.7. The lowest BCUT2D eigenvalue weighted by Crippen LogP contribution is -2.31. The highest BCUT2D eigenvalue weighted by Gasteiger charge is 2.17. The van der Waals surface area contributed by atoms with Crippen LogP contribution in [0.25, 0.3) is 0 Å². The molecule has 0 aromatic heterocycles. The fourth-order valence-electron chi connectivity index (χ4n) is 2.31. The van der Waals surface area contributed by atoms with Crippen LogP contribution in [0.5, 0.6) is 11.5 Å². The normalized spacial score (nSPS) is 10.8. The summed E-state index contributed by atoms with van der Waals surface area (Å²) in [6.45, 7) is 0.497. The predicted molar refractivity (Wildman–Crippen MR) is 106 cm³/mol. The molecule has 2 rings (SSSR count). The van der Waals surface area contributed by atoms with Crippen LogP contribution in [0.4, 0.5) is 0 Å². The molecule has 1 amide bonds. The van der Waals surface area contributed by atoms with E-state index in [4.69, 9.17) is 15.9 Å². The average molecular weight is 402 g/mol. The fraction of sp³-hybridized carbons (Fsp3) is 0.250. The summed E-state index contributed by atoms with van der Waals surface area (Å²) in [4.78, 5) is 14.0. The highest BCUT2D eigenvalue weighted by atomic mass is 32.2. The van der Waals surface area contributed by atoms with Crippen LogP contribution in [0.1, 0.15) is 10.4 Å². The van der Waals surface area contributed by atoms with Crippen LogP contribution in [0.15, 0.2) is 53.4 Å². The van der Waals surface area contributed by atoms with Gasteiger partial charge in [0.1, 0.15) is 18.1 Å². The molecule has 0 spiro atoms. The minimum absolute atomic E-state index is 0.0171. The Hall–Kier alpha value is -3.02. The monoisotopic (exact) mass is 402 g/mol. The minimum atomic E-state index is -3.76. The fourth-order valence-corrected chi connectivity index (χ4v) is 3.29. The second kappa shape index (κ2) is 9.78. The van der Waals surface area contributed by atoms with Gasteiger partial charge in [0.05, 0.1) is 25.1 Å². The van der Waals surface area contributed by atoms with Crippen LogP contribution in [0.3, 0.4) is 0 Å².